The van der Waals surface area contributed by atoms with Crippen molar-refractivity contribution in [2.24, 2.45) is 11.8 Å². The zero-order chi connectivity index (χ0) is 12.7. The Bertz CT molecular complexity index is 229. The molecular weight excluding hydrogens is 238 g/mol. The highest BCUT2D eigenvalue weighted by Crippen LogP contribution is 2.20. The van der Waals surface area contributed by atoms with Crippen molar-refractivity contribution in [1.29, 1.82) is 0 Å². The third-order valence-corrected chi connectivity index (χ3v) is 3.64. The van der Waals surface area contributed by atoms with Gasteiger partial charge in [0.15, 0.2) is 0 Å². The van der Waals surface area contributed by atoms with Gasteiger partial charge >= 0.3 is 0 Å². The van der Waals surface area contributed by atoms with Gasteiger partial charge in [-0.05, 0) is 31.1 Å². The molecule has 1 amide bonds. The first-order chi connectivity index (χ1) is 8.19. The Morgan fingerprint density at radius 1 is 1.53 bits per heavy atom. The highest BCUT2D eigenvalue weighted by molar-refractivity contribution is 6.17. The third kappa shape index (κ3) is 4.84. The molecule has 3 atom stereocenters. The van der Waals surface area contributed by atoms with Crippen LogP contribution >= 0.6 is 11.6 Å². The molecule has 0 spiro atoms. The Morgan fingerprint density at radius 2 is 2.29 bits per heavy atom. The number of halogens is 1. The molecule has 0 aromatic carbocycles. The van der Waals surface area contributed by atoms with E-state index < -0.39 is 0 Å². The van der Waals surface area contributed by atoms with E-state index in [2.05, 4.69) is 19.2 Å². The Morgan fingerprint density at radius 3 is 2.82 bits per heavy atom. The maximum Gasteiger partial charge on any atom is 0.249 e. The Labute approximate surface area is 109 Å². The average Bonchev–Trinajstić information content (AvgIpc) is 2.72. The first-order valence-electron chi connectivity index (χ1n) is 6.64. The van der Waals surface area contributed by atoms with Gasteiger partial charge in [-0.25, -0.2) is 0 Å². The summed E-state index contributed by atoms with van der Waals surface area (Å²) in [4.78, 5) is 11.9. The molecular formula is C13H24ClNO2. The Kier molecular flexibility index (Phi) is 6.90. The van der Waals surface area contributed by atoms with Crippen molar-refractivity contribution in [3.8, 4) is 0 Å². The predicted molar refractivity (Wildman–Crippen MR) is 70.3 cm³/mol. The van der Waals surface area contributed by atoms with Crippen LogP contribution in [0, 0.1) is 11.8 Å². The van der Waals surface area contributed by atoms with E-state index in [1.54, 1.807) is 0 Å². The molecule has 0 aliphatic carbocycles. The molecule has 100 valence electrons. The molecule has 0 radical (unpaired) electrons. The largest absolute Gasteiger partial charge is 0.368 e. The first-order valence-corrected chi connectivity index (χ1v) is 7.17. The topological polar surface area (TPSA) is 38.3 Å². The lowest BCUT2D eigenvalue weighted by Gasteiger charge is -2.19. The average molecular weight is 262 g/mol. The normalized spacial score (nSPS) is 25.8. The fourth-order valence-corrected chi connectivity index (χ4v) is 2.60. The number of nitrogens with one attached hydrogen (secondary N) is 1. The lowest BCUT2D eigenvalue weighted by Crippen LogP contribution is -2.39. The van der Waals surface area contributed by atoms with Gasteiger partial charge in [0.05, 0.1) is 0 Å². The quantitative estimate of drug-likeness (QED) is 0.716. The van der Waals surface area contributed by atoms with E-state index in [0.29, 0.717) is 24.3 Å². The van der Waals surface area contributed by atoms with Crippen LogP contribution in [0.1, 0.15) is 39.5 Å². The highest BCUT2D eigenvalue weighted by atomic mass is 35.5. The smallest absolute Gasteiger partial charge is 0.249 e. The van der Waals surface area contributed by atoms with E-state index in [1.165, 1.54) is 0 Å². The SMILES string of the molecule is CCCC(CCCl)CNC(=O)C1OCCC1C. The summed E-state index contributed by atoms with van der Waals surface area (Å²) in [5, 5.41) is 3.00. The molecule has 0 aromatic heterocycles. The molecule has 1 heterocycles. The minimum absolute atomic E-state index is 0.0469. The maximum atomic E-state index is 11.9. The van der Waals surface area contributed by atoms with Crippen molar-refractivity contribution in [2.45, 2.75) is 45.6 Å². The molecule has 1 aliphatic heterocycles. The summed E-state index contributed by atoms with van der Waals surface area (Å²) in [6, 6.07) is 0. The lowest BCUT2D eigenvalue weighted by molar-refractivity contribution is -0.131. The van der Waals surface area contributed by atoms with Gasteiger partial charge in [0, 0.05) is 19.0 Å². The van der Waals surface area contributed by atoms with Crippen LogP contribution in [0.5, 0.6) is 0 Å². The van der Waals surface area contributed by atoms with Crippen LogP contribution in [0.15, 0.2) is 0 Å². The molecule has 0 aromatic rings. The molecule has 0 saturated carbocycles. The summed E-state index contributed by atoms with van der Waals surface area (Å²) in [5.74, 6) is 1.55. The van der Waals surface area contributed by atoms with Crippen molar-refractivity contribution in [3.63, 3.8) is 0 Å². The molecule has 3 unspecified atom stereocenters. The van der Waals surface area contributed by atoms with Crippen LogP contribution in [-0.2, 0) is 9.53 Å². The first kappa shape index (κ1) is 14.8. The van der Waals surface area contributed by atoms with E-state index in [1.807, 2.05) is 0 Å². The minimum atomic E-state index is -0.242. The summed E-state index contributed by atoms with van der Waals surface area (Å²) in [7, 11) is 0. The van der Waals surface area contributed by atoms with E-state index in [0.717, 1.165) is 32.2 Å². The standard InChI is InChI=1S/C13H24ClNO2/c1-3-4-11(5-7-14)9-15-13(16)12-10(2)6-8-17-12/h10-12H,3-9H2,1-2H3,(H,15,16). The zero-order valence-electron chi connectivity index (χ0n) is 10.9. The van der Waals surface area contributed by atoms with Crippen LogP contribution in [0.3, 0.4) is 0 Å². The molecule has 1 saturated heterocycles. The van der Waals surface area contributed by atoms with Crippen LogP contribution in [-0.4, -0.2) is 31.0 Å². The Hall–Kier alpha value is -0.280. The zero-order valence-corrected chi connectivity index (χ0v) is 11.6. The van der Waals surface area contributed by atoms with E-state index >= 15 is 0 Å². The number of hydrogen-bond donors (Lipinski definition) is 1. The van der Waals surface area contributed by atoms with Crippen molar-refractivity contribution in [2.75, 3.05) is 19.0 Å². The summed E-state index contributed by atoms with van der Waals surface area (Å²) in [6.07, 6.45) is 3.96. The minimum Gasteiger partial charge on any atom is -0.368 e. The van der Waals surface area contributed by atoms with Gasteiger partial charge in [-0.15, -0.1) is 11.6 Å². The third-order valence-electron chi connectivity index (χ3n) is 3.43. The molecule has 4 heteroatoms. The van der Waals surface area contributed by atoms with Gasteiger partial charge in [-0.1, -0.05) is 20.3 Å². The van der Waals surface area contributed by atoms with Crippen LogP contribution < -0.4 is 5.32 Å². The molecule has 1 rings (SSSR count). The number of amides is 1. The second-order valence-corrected chi connectivity index (χ2v) is 5.31. The summed E-state index contributed by atoms with van der Waals surface area (Å²) in [5.41, 5.74) is 0. The number of carbonyl (C=O) groups excluding carboxylic acids is 1. The molecule has 1 aliphatic rings. The van der Waals surface area contributed by atoms with Crippen molar-refractivity contribution >= 4 is 17.5 Å². The number of carbonyl (C=O) groups is 1. The Balaban J connectivity index is 2.29. The number of rotatable bonds is 7. The van der Waals surface area contributed by atoms with E-state index in [4.69, 9.17) is 16.3 Å². The van der Waals surface area contributed by atoms with Crippen LogP contribution in [0.2, 0.25) is 0 Å². The fraction of sp³-hybridized carbons (Fsp3) is 0.923. The van der Waals surface area contributed by atoms with Crippen molar-refractivity contribution < 1.29 is 9.53 Å². The van der Waals surface area contributed by atoms with Gasteiger partial charge in [0.2, 0.25) is 5.91 Å². The van der Waals surface area contributed by atoms with Crippen molar-refractivity contribution in [1.82, 2.24) is 5.32 Å². The second kappa shape index (κ2) is 7.93. The van der Waals surface area contributed by atoms with Gasteiger partial charge in [0.1, 0.15) is 6.10 Å². The number of ether oxygens (including phenoxy) is 1. The van der Waals surface area contributed by atoms with Crippen LogP contribution in [0.4, 0.5) is 0 Å². The summed E-state index contributed by atoms with van der Waals surface area (Å²) >= 11 is 5.76. The predicted octanol–water partition coefficient (Wildman–Crippen LogP) is 2.57. The molecule has 0 bridgehead atoms. The van der Waals surface area contributed by atoms with Gasteiger partial charge in [0.25, 0.3) is 0 Å². The number of alkyl halides is 1. The highest BCUT2D eigenvalue weighted by Gasteiger charge is 2.30. The maximum absolute atomic E-state index is 11.9. The lowest BCUT2D eigenvalue weighted by atomic mass is 10.00. The molecule has 1 fully saturated rings. The van der Waals surface area contributed by atoms with Gasteiger partial charge in [-0.3, -0.25) is 4.79 Å². The van der Waals surface area contributed by atoms with E-state index in [-0.39, 0.29) is 12.0 Å². The summed E-state index contributed by atoms with van der Waals surface area (Å²) in [6.45, 7) is 5.66. The fourth-order valence-electron chi connectivity index (χ4n) is 2.29. The summed E-state index contributed by atoms with van der Waals surface area (Å²) < 4.78 is 5.44. The second-order valence-electron chi connectivity index (χ2n) is 4.93. The van der Waals surface area contributed by atoms with Crippen LogP contribution in [0.25, 0.3) is 0 Å². The molecule has 17 heavy (non-hydrogen) atoms. The van der Waals surface area contributed by atoms with Crippen molar-refractivity contribution in [3.05, 3.63) is 0 Å². The molecule has 1 N–H and O–H groups in total. The monoisotopic (exact) mass is 261 g/mol. The molecule has 3 nitrogen and oxygen atoms in total. The van der Waals surface area contributed by atoms with Gasteiger partial charge in [-0.2, -0.15) is 0 Å². The van der Waals surface area contributed by atoms with Gasteiger partial charge < -0.3 is 10.1 Å². The number of hydrogen-bond acceptors (Lipinski definition) is 2. The van der Waals surface area contributed by atoms with E-state index in [9.17, 15) is 4.79 Å².